The molecule has 9 aromatic carbocycles. The van der Waals surface area contributed by atoms with E-state index in [9.17, 15) is 0 Å². The second kappa shape index (κ2) is 12.9. The lowest BCUT2D eigenvalue weighted by Gasteiger charge is -2.22. The molecule has 0 saturated heterocycles. The Balaban J connectivity index is 1.02. The van der Waals surface area contributed by atoms with Crippen LogP contribution in [0.2, 0.25) is 0 Å². The van der Waals surface area contributed by atoms with E-state index in [1.54, 1.807) is 0 Å². The second-order valence-corrected chi connectivity index (χ2v) is 15.0. The number of para-hydroxylation sites is 2. The maximum Gasteiger partial charge on any atom is 0.169 e. The van der Waals surface area contributed by atoms with Crippen LogP contribution < -0.4 is 5.32 Å². The standard InChI is InChI=1S/C53H34N4O/c1-2-14-35(15-3-1)41-19-10-22-46-49(41)44-18-8-9-21-45(44)57(46)47-23-11-20-43-42-29-28-40(32-48(42)58-50(43)47)53-55-51(38-26-24-33-12-4-6-16-36(33)30-38)54-52(56-53)39-27-25-34-13-5-7-17-37(34)31-39/h1-32,53H,(H,54,55,56). The highest BCUT2D eigenvalue weighted by atomic mass is 16.3. The SMILES string of the molecule is c1ccc(-c2cccc3c2c2ccccc2n3-c2cccc3c2oc2cc(C4N=C(c5ccc6ccccc6c5)NC(c5ccc6ccccc6c5)=N4)ccc23)cc1. The van der Waals surface area contributed by atoms with Gasteiger partial charge in [0.25, 0.3) is 0 Å². The lowest BCUT2D eigenvalue weighted by Crippen LogP contribution is -2.36. The topological polar surface area (TPSA) is 54.8 Å². The van der Waals surface area contributed by atoms with Crippen LogP contribution in [0.15, 0.2) is 209 Å². The van der Waals surface area contributed by atoms with E-state index in [-0.39, 0.29) is 0 Å². The van der Waals surface area contributed by atoms with Gasteiger partial charge in [0.05, 0.1) is 16.7 Å². The molecule has 0 atom stereocenters. The van der Waals surface area contributed by atoms with Crippen LogP contribution in [0.25, 0.3) is 82.1 Å². The third kappa shape index (κ3) is 5.17. The number of amidine groups is 2. The first-order chi connectivity index (χ1) is 28.7. The number of furan rings is 1. The predicted octanol–water partition coefficient (Wildman–Crippen LogP) is 13.2. The summed E-state index contributed by atoms with van der Waals surface area (Å²) in [5.74, 6) is 1.56. The van der Waals surface area contributed by atoms with Crippen LogP contribution in [0.3, 0.4) is 0 Å². The Morgan fingerprint density at radius 2 is 1.07 bits per heavy atom. The van der Waals surface area contributed by atoms with Crippen molar-refractivity contribution in [3.8, 4) is 16.8 Å². The van der Waals surface area contributed by atoms with Gasteiger partial charge in [0.15, 0.2) is 11.7 Å². The van der Waals surface area contributed by atoms with E-state index >= 15 is 0 Å². The molecule has 0 amide bonds. The first kappa shape index (κ1) is 32.5. The van der Waals surface area contributed by atoms with E-state index in [0.29, 0.717) is 0 Å². The fraction of sp³-hybridized carbons (Fsp3) is 0.0189. The first-order valence-corrected chi connectivity index (χ1v) is 19.7. The largest absolute Gasteiger partial charge is 0.454 e. The molecule has 0 aliphatic carbocycles. The Bertz CT molecular complexity index is 3400. The highest BCUT2D eigenvalue weighted by Crippen LogP contribution is 2.42. The van der Waals surface area contributed by atoms with Crippen LogP contribution in [0, 0.1) is 0 Å². The average Bonchev–Trinajstić information content (AvgIpc) is 3.84. The van der Waals surface area contributed by atoms with Crippen LogP contribution >= 0.6 is 0 Å². The Morgan fingerprint density at radius 3 is 1.81 bits per heavy atom. The molecule has 1 aliphatic rings. The van der Waals surface area contributed by atoms with Gasteiger partial charge >= 0.3 is 0 Å². The molecule has 0 radical (unpaired) electrons. The van der Waals surface area contributed by atoms with Gasteiger partial charge in [-0.1, -0.05) is 158 Å². The van der Waals surface area contributed by atoms with Crippen LogP contribution in [0.4, 0.5) is 0 Å². The van der Waals surface area contributed by atoms with Gasteiger partial charge in [-0.15, -0.1) is 0 Å². The van der Waals surface area contributed by atoms with E-state index in [2.05, 4.69) is 204 Å². The van der Waals surface area contributed by atoms with E-state index in [4.69, 9.17) is 14.4 Å². The van der Waals surface area contributed by atoms with Gasteiger partial charge in [0.1, 0.15) is 17.3 Å². The third-order valence-corrected chi connectivity index (χ3v) is 11.6. The van der Waals surface area contributed by atoms with Gasteiger partial charge in [-0.2, -0.15) is 0 Å². The van der Waals surface area contributed by atoms with Crippen LogP contribution in [-0.4, -0.2) is 16.2 Å². The van der Waals surface area contributed by atoms with Gasteiger partial charge in [-0.3, -0.25) is 0 Å². The summed E-state index contributed by atoms with van der Waals surface area (Å²) in [6, 6.07) is 68.6. The Kier molecular flexibility index (Phi) is 7.23. The summed E-state index contributed by atoms with van der Waals surface area (Å²) < 4.78 is 9.29. The molecule has 1 aliphatic heterocycles. The maximum absolute atomic E-state index is 6.94. The number of aliphatic imine (C=N–C) groups is 2. The fourth-order valence-corrected chi connectivity index (χ4v) is 8.84. The van der Waals surface area contributed by atoms with Crippen LogP contribution in [-0.2, 0) is 0 Å². The summed E-state index contributed by atoms with van der Waals surface area (Å²) in [5.41, 5.74) is 10.3. The molecule has 3 heterocycles. The number of benzene rings is 9. The summed E-state index contributed by atoms with van der Waals surface area (Å²) in [5, 5.41) is 12.9. The minimum Gasteiger partial charge on any atom is -0.454 e. The van der Waals surface area contributed by atoms with Crippen molar-refractivity contribution >= 4 is 77.0 Å². The maximum atomic E-state index is 6.94. The Morgan fingerprint density at radius 1 is 0.448 bits per heavy atom. The molecular formula is C53H34N4O. The molecule has 0 unspecified atom stereocenters. The van der Waals surface area contributed by atoms with Crippen molar-refractivity contribution < 1.29 is 4.42 Å². The van der Waals surface area contributed by atoms with Crippen molar-refractivity contribution in [2.75, 3.05) is 0 Å². The smallest absolute Gasteiger partial charge is 0.169 e. The zero-order chi connectivity index (χ0) is 38.2. The monoisotopic (exact) mass is 742 g/mol. The van der Waals surface area contributed by atoms with E-state index in [0.717, 1.165) is 77.8 Å². The van der Waals surface area contributed by atoms with Crippen molar-refractivity contribution in [2.45, 2.75) is 6.17 Å². The number of nitrogens with zero attached hydrogens (tertiary/aromatic N) is 3. The van der Waals surface area contributed by atoms with Crippen molar-refractivity contribution in [3.05, 3.63) is 211 Å². The highest BCUT2D eigenvalue weighted by Gasteiger charge is 2.24. The van der Waals surface area contributed by atoms with Crippen molar-refractivity contribution in [2.24, 2.45) is 9.98 Å². The Hall–Kier alpha value is -7.76. The van der Waals surface area contributed by atoms with Gasteiger partial charge in [0.2, 0.25) is 0 Å². The van der Waals surface area contributed by atoms with Crippen molar-refractivity contribution in [1.82, 2.24) is 9.88 Å². The number of hydrogen-bond donors (Lipinski definition) is 1. The number of nitrogens with one attached hydrogen (secondary N) is 1. The van der Waals surface area contributed by atoms with Gasteiger partial charge in [-0.25, -0.2) is 9.98 Å². The van der Waals surface area contributed by atoms with Crippen LogP contribution in [0.5, 0.6) is 0 Å². The van der Waals surface area contributed by atoms with Crippen molar-refractivity contribution in [3.63, 3.8) is 0 Å². The molecule has 0 fully saturated rings. The molecule has 12 rings (SSSR count). The average molecular weight is 743 g/mol. The quantitative estimate of drug-likeness (QED) is 0.191. The third-order valence-electron chi connectivity index (χ3n) is 11.6. The molecule has 11 aromatic rings. The van der Waals surface area contributed by atoms with Gasteiger partial charge in [0, 0.05) is 38.2 Å². The van der Waals surface area contributed by atoms with Gasteiger partial charge in [-0.05, 0) is 69.1 Å². The molecular weight excluding hydrogens is 709 g/mol. The second-order valence-electron chi connectivity index (χ2n) is 15.0. The molecule has 0 spiro atoms. The minimum atomic E-state index is -0.491. The Labute approximate surface area is 333 Å². The van der Waals surface area contributed by atoms with Gasteiger partial charge < -0.3 is 14.3 Å². The molecule has 58 heavy (non-hydrogen) atoms. The normalized spacial score (nSPS) is 13.4. The predicted molar refractivity (Wildman–Crippen MR) is 240 cm³/mol. The summed E-state index contributed by atoms with van der Waals surface area (Å²) >= 11 is 0. The summed E-state index contributed by atoms with van der Waals surface area (Å²) in [6.45, 7) is 0. The highest BCUT2D eigenvalue weighted by molar-refractivity contribution is 6.18. The fourth-order valence-electron chi connectivity index (χ4n) is 8.84. The number of aromatic nitrogens is 1. The van der Waals surface area contributed by atoms with E-state index in [1.165, 1.54) is 32.7 Å². The zero-order valence-electron chi connectivity index (χ0n) is 31.3. The van der Waals surface area contributed by atoms with E-state index < -0.39 is 6.17 Å². The number of fused-ring (bicyclic) bond motifs is 8. The molecule has 272 valence electrons. The zero-order valence-corrected chi connectivity index (χ0v) is 31.3. The summed E-state index contributed by atoms with van der Waals surface area (Å²) in [4.78, 5) is 10.5. The van der Waals surface area contributed by atoms with Crippen LogP contribution in [0.1, 0.15) is 22.9 Å². The molecule has 5 nitrogen and oxygen atoms in total. The minimum absolute atomic E-state index is 0.491. The molecule has 2 aromatic heterocycles. The summed E-state index contributed by atoms with van der Waals surface area (Å²) in [7, 11) is 0. The number of rotatable bonds is 5. The molecule has 0 bridgehead atoms. The molecule has 5 heteroatoms. The molecule has 0 saturated carbocycles. The first-order valence-electron chi connectivity index (χ1n) is 19.7. The van der Waals surface area contributed by atoms with Crippen molar-refractivity contribution in [1.29, 1.82) is 0 Å². The molecule has 1 N–H and O–H groups in total. The lowest BCUT2D eigenvalue weighted by molar-refractivity contribution is 0.663. The lowest BCUT2D eigenvalue weighted by atomic mass is 9.99. The van der Waals surface area contributed by atoms with E-state index in [1.807, 2.05) is 0 Å². The number of hydrogen-bond acceptors (Lipinski definition) is 4. The summed E-state index contributed by atoms with van der Waals surface area (Å²) in [6.07, 6.45) is -0.491.